The van der Waals surface area contributed by atoms with E-state index in [0.29, 0.717) is 5.56 Å². The van der Waals surface area contributed by atoms with Gasteiger partial charge in [-0.05, 0) is 18.6 Å². The summed E-state index contributed by atoms with van der Waals surface area (Å²) < 4.78 is 12.9. The van der Waals surface area contributed by atoms with Crippen molar-refractivity contribution in [3.8, 4) is 0 Å². The minimum atomic E-state index is -1.02. The first-order valence-electron chi connectivity index (χ1n) is 3.80. The Morgan fingerprint density at radius 3 is 2.77 bits per heavy atom. The molecule has 1 unspecified atom stereocenters. The normalized spacial score (nSPS) is 12.5. The van der Waals surface area contributed by atoms with Gasteiger partial charge in [0, 0.05) is 0 Å². The summed E-state index contributed by atoms with van der Waals surface area (Å²) in [6.07, 6.45) is 0. The molecule has 0 aliphatic rings. The van der Waals surface area contributed by atoms with Crippen molar-refractivity contribution < 1.29 is 14.3 Å². The maximum Gasteiger partial charge on any atom is 0.310 e. The van der Waals surface area contributed by atoms with E-state index in [9.17, 15) is 9.18 Å². The van der Waals surface area contributed by atoms with Crippen LogP contribution in [0.3, 0.4) is 0 Å². The molecule has 1 aromatic carbocycles. The summed E-state index contributed by atoms with van der Waals surface area (Å²) in [5.41, 5.74) is 5.61. The molecule has 13 heavy (non-hydrogen) atoms. The third kappa shape index (κ3) is 1.77. The van der Waals surface area contributed by atoms with E-state index in [4.69, 9.17) is 10.8 Å². The second-order valence-electron chi connectivity index (χ2n) is 2.80. The number of carbonyl (C=O) groups is 1. The molecular weight excluding hydrogens is 173 g/mol. The van der Waals surface area contributed by atoms with Crippen molar-refractivity contribution in [3.63, 3.8) is 0 Å². The molecule has 1 atom stereocenters. The zero-order valence-electron chi connectivity index (χ0n) is 7.12. The lowest BCUT2D eigenvalue weighted by molar-refractivity contribution is -0.138. The van der Waals surface area contributed by atoms with Crippen molar-refractivity contribution in [1.82, 2.24) is 0 Å². The number of hydrogen-bond donors (Lipinski definition) is 2. The maximum absolute atomic E-state index is 12.9. The molecule has 0 saturated heterocycles. The monoisotopic (exact) mass is 183 g/mol. The molecular formula is C9H10FNO2. The Balaban J connectivity index is 3.15. The molecule has 1 aromatic rings. The van der Waals surface area contributed by atoms with E-state index in [2.05, 4.69) is 0 Å². The number of anilines is 1. The Morgan fingerprint density at radius 1 is 1.62 bits per heavy atom. The largest absolute Gasteiger partial charge is 0.481 e. The van der Waals surface area contributed by atoms with Crippen LogP contribution in [0.1, 0.15) is 18.4 Å². The molecule has 4 heteroatoms. The van der Waals surface area contributed by atoms with Gasteiger partial charge in [-0.15, -0.1) is 0 Å². The van der Waals surface area contributed by atoms with E-state index in [1.807, 2.05) is 0 Å². The van der Waals surface area contributed by atoms with Crippen LogP contribution in [-0.4, -0.2) is 11.1 Å². The minimum Gasteiger partial charge on any atom is -0.481 e. The van der Waals surface area contributed by atoms with Crippen LogP contribution in [0, 0.1) is 5.82 Å². The molecule has 3 N–H and O–H groups in total. The van der Waals surface area contributed by atoms with Gasteiger partial charge in [0.25, 0.3) is 0 Å². The Labute approximate surface area is 75.0 Å². The molecule has 70 valence electrons. The van der Waals surface area contributed by atoms with Crippen molar-refractivity contribution in [1.29, 1.82) is 0 Å². The number of carboxylic acids is 1. The lowest BCUT2D eigenvalue weighted by Gasteiger charge is -2.09. The molecule has 0 radical (unpaired) electrons. The first-order valence-corrected chi connectivity index (χ1v) is 3.80. The van der Waals surface area contributed by atoms with Crippen LogP contribution in [-0.2, 0) is 4.79 Å². The van der Waals surface area contributed by atoms with Crippen molar-refractivity contribution in [3.05, 3.63) is 29.6 Å². The fourth-order valence-electron chi connectivity index (χ4n) is 1.06. The highest BCUT2D eigenvalue weighted by Gasteiger charge is 2.17. The van der Waals surface area contributed by atoms with Crippen molar-refractivity contribution in [2.75, 3.05) is 5.73 Å². The molecule has 0 saturated carbocycles. The van der Waals surface area contributed by atoms with Gasteiger partial charge in [-0.2, -0.15) is 0 Å². The number of benzene rings is 1. The van der Waals surface area contributed by atoms with Crippen LogP contribution in [0.15, 0.2) is 18.2 Å². The number of para-hydroxylation sites is 1. The summed E-state index contributed by atoms with van der Waals surface area (Å²) >= 11 is 0. The minimum absolute atomic E-state index is 0.0857. The average Bonchev–Trinajstić information content (AvgIpc) is 2.08. The molecule has 0 aromatic heterocycles. The maximum atomic E-state index is 12.9. The average molecular weight is 183 g/mol. The number of carboxylic acid groups (broad SMARTS) is 1. The van der Waals surface area contributed by atoms with Gasteiger partial charge in [0.15, 0.2) is 0 Å². The summed E-state index contributed by atoms with van der Waals surface area (Å²) in [5, 5.41) is 8.67. The third-order valence-electron chi connectivity index (χ3n) is 1.92. The van der Waals surface area contributed by atoms with E-state index in [0.717, 1.165) is 0 Å². The number of hydrogen-bond acceptors (Lipinski definition) is 2. The van der Waals surface area contributed by atoms with Gasteiger partial charge in [-0.25, -0.2) is 4.39 Å². The number of nitrogens with two attached hydrogens (primary N) is 1. The van der Waals surface area contributed by atoms with Crippen LogP contribution in [0.2, 0.25) is 0 Å². The van der Waals surface area contributed by atoms with Gasteiger partial charge in [0.05, 0.1) is 11.6 Å². The second-order valence-corrected chi connectivity index (χ2v) is 2.80. The predicted molar refractivity (Wildman–Crippen MR) is 46.9 cm³/mol. The molecule has 0 aliphatic carbocycles. The van der Waals surface area contributed by atoms with Crippen LogP contribution in [0.5, 0.6) is 0 Å². The molecule has 0 fully saturated rings. The lowest BCUT2D eigenvalue weighted by atomic mass is 9.99. The smallest absolute Gasteiger partial charge is 0.310 e. The molecule has 1 rings (SSSR count). The molecule has 0 amide bonds. The lowest BCUT2D eigenvalue weighted by Crippen LogP contribution is -2.10. The fraction of sp³-hybridized carbons (Fsp3) is 0.222. The van der Waals surface area contributed by atoms with E-state index in [1.165, 1.54) is 25.1 Å². The number of halogens is 1. The van der Waals surface area contributed by atoms with Crippen LogP contribution >= 0.6 is 0 Å². The second kappa shape index (κ2) is 3.43. The van der Waals surface area contributed by atoms with Crippen molar-refractivity contribution >= 4 is 11.7 Å². The Bertz CT molecular complexity index is 338. The summed E-state index contributed by atoms with van der Waals surface area (Å²) in [6.45, 7) is 1.47. The van der Waals surface area contributed by atoms with E-state index < -0.39 is 17.7 Å². The van der Waals surface area contributed by atoms with Gasteiger partial charge < -0.3 is 10.8 Å². The zero-order chi connectivity index (χ0) is 10.0. The van der Waals surface area contributed by atoms with Gasteiger partial charge in [0.1, 0.15) is 5.82 Å². The quantitative estimate of drug-likeness (QED) is 0.684. The third-order valence-corrected chi connectivity index (χ3v) is 1.92. The van der Waals surface area contributed by atoms with Gasteiger partial charge in [0.2, 0.25) is 0 Å². The van der Waals surface area contributed by atoms with E-state index in [1.54, 1.807) is 0 Å². The number of aliphatic carboxylic acids is 1. The molecule has 0 heterocycles. The Hall–Kier alpha value is -1.58. The summed E-state index contributed by atoms with van der Waals surface area (Å²) in [4.78, 5) is 10.6. The molecule has 0 bridgehead atoms. The first-order chi connectivity index (χ1) is 6.04. The highest BCUT2D eigenvalue weighted by Crippen LogP contribution is 2.24. The van der Waals surface area contributed by atoms with Gasteiger partial charge in [-0.3, -0.25) is 4.79 Å². The van der Waals surface area contributed by atoms with Crippen LogP contribution in [0.25, 0.3) is 0 Å². The number of nitrogen functional groups attached to an aromatic ring is 1. The first kappa shape index (κ1) is 9.51. The topological polar surface area (TPSA) is 63.3 Å². The number of rotatable bonds is 2. The predicted octanol–water partition coefficient (Wildman–Crippen LogP) is 1.60. The Morgan fingerprint density at radius 2 is 2.23 bits per heavy atom. The van der Waals surface area contributed by atoms with Gasteiger partial charge >= 0.3 is 5.97 Å². The van der Waals surface area contributed by atoms with Gasteiger partial charge in [-0.1, -0.05) is 12.1 Å². The molecule has 0 spiro atoms. The SMILES string of the molecule is CC(C(=O)O)c1cccc(F)c1N. The van der Waals surface area contributed by atoms with E-state index in [-0.39, 0.29) is 5.69 Å². The van der Waals surface area contributed by atoms with Crippen molar-refractivity contribution in [2.45, 2.75) is 12.8 Å². The Kier molecular flexibility index (Phi) is 2.51. The summed E-state index contributed by atoms with van der Waals surface area (Å²) in [6, 6.07) is 4.16. The van der Waals surface area contributed by atoms with Crippen molar-refractivity contribution in [2.24, 2.45) is 0 Å². The summed E-state index contributed by atoms with van der Waals surface area (Å²) in [5.74, 6) is -2.38. The molecule has 3 nitrogen and oxygen atoms in total. The highest BCUT2D eigenvalue weighted by atomic mass is 19.1. The summed E-state index contributed by atoms with van der Waals surface area (Å²) in [7, 11) is 0. The molecule has 0 aliphatic heterocycles. The zero-order valence-corrected chi connectivity index (χ0v) is 7.12. The van der Waals surface area contributed by atoms with Crippen LogP contribution in [0.4, 0.5) is 10.1 Å². The standard InChI is InChI=1S/C9H10FNO2/c1-5(9(12)13)6-3-2-4-7(10)8(6)11/h2-5H,11H2,1H3,(H,12,13). The fourth-order valence-corrected chi connectivity index (χ4v) is 1.06. The highest BCUT2D eigenvalue weighted by molar-refractivity contribution is 5.78. The van der Waals surface area contributed by atoms with Crippen LogP contribution < -0.4 is 5.73 Å². The van der Waals surface area contributed by atoms with E-state index >= 15 is 0 Å².